The second kappa shape index (κ2) is 7.98. The van der Waals surface area contributed by atoms with Crippen molar-refractivity contribution in [3.05, 3.63) is 17.5 Å². The van der Waals surface area contributed by atoms with E-state index >= 15 is 0 Å². The van der Waals surface area contributed by atoms with E-state index in [1.165, 1.54) is 62.9 Å². The van der Waals surface area contributed by atoms with Gasteiger partial charge >= 0.3 is 0 Å². The van der Waals surface area contributed by atoms with Crippen LogP contribution in [-0.4, -0.2) is 22.9 Å². The Morgan fingerprint density at radius 2 is 1.95 bits per heavy atom. The zero-order chi connectivity index (χ0) is 15.1. The maximum absolute atomic E-state index is 4.74. The first kappa shape index (κ1) is 16.5. The molecule has 1 fully saturated rings. The minimum absolute atomic E-state index is 0.464. The van der Waals surface area contributed by atoms with Gasteiger partial charge in [-0.1, -0.05) is 33.1 Å². The molecule has 0 unspecified atom stereocenters. The number of aryl methyl sites for hydroxylation is 2. The fraction of sp³-hybridized carbons (Fsp3) is 0.833. The topological polar surface area (TPSA) is 29.9 Å². The van der Waals surface area contributed by atoms with Crippen LogP contribution in [0.25, 0.3) is 0 Å². The van der Waals surface area contributed by atoms with E-state index < -0.39 is 0 Å². The van der Waals surface area contributed by atoms with Crippen LogP contribution in [0.15, 0.2) is 6.07 Å². The van der Waals surface area contributed by atoms with Crippen molar-refractivity contribution >= 4 is 0 Å². The quantitative estimate of drug-likeness (QED) is 0.735. The Labute approximate surface area is 130 Å². The van der Waals surface area contributed by atoms with Gasteiger partial charge in [0.05, 0.1) is 5.69 Å². The van der Waals surface area contributed by atoms with Crippen LogP contribution in [0.4, 0.5) is 0 Å². The van der Waals surface area contributed by atoms with E-state index in [0.717, 1.165) is 19.5 Å². The second-order valence-corrected chi connectivity index (χ2v) is 6.71. The molecule has 2 rings (SSSR count). The third kappa shape index (κ3) is 4.32. The number of nitrogens with zero attached hydrogens (tertiary/aromatic N) is 2. The average Bonchev–Trinajstić information content (AvgIpc) is 2.90. The third-order valence-electron chi connectivity index (χ3n) is 4.97. The Morgan fingerprint density at radius 3 is 2.57 bits per heavy atom. The number of aromatic nitrogens is 2. The predicted molar refractivity (Wildman–Crippen MR) is 89.7 cm³/mol. The number of nitrogens with one attached hydrogen (secondary N) is 1. The Bertz CT molecular complexity index is 416. The highest BCUT2D eigenvalue weighted by Crippen LogP contribution is 2.39. The summed E-state index contributed by atoms with van der Waals surface area (Å²) in [5.74, 6) is 0. The first-order valence-corrected chi connectivity index (χ1v) is 8.99. The molecule has 120 valence electrons. The van der Waals surface area contributed by atoms with Gasteiger partial charge < -0.3 is 5.32 Å². The summed E-state index contributed by atoms with van der Waals surface area (Å²) in [7, 11) is 0. The molecule has 1 saturated carbocycles. The summed E-state index contributed by atoms with van der Waals surface area (Å²) in [6.07, 6.45) is 10.4. The molecule has 0 atom stereocenters. The van der Waals surface area contributed by atoms with Gasteiger partial charge in [0, 0.05) is 18.8 Å². The molecule has 0 spiro atoms. The summed E-state index contributed by atoms with van der Waals surface area (Å²) < 4.78 is 2.23. The van der Waals surface area contributed by atoms with Crippen LogP contribution in [0.2, 0.25) is 0 Å². The number of hydrogen-bond donors (Lipinski definition) is 1. The van der Waals surface area contributed by atoms with E-state index in [4.69, 9.17) is 5.10 Å². The summed E-state index contributed by atoms with van der Waals surface area (Å²) in [4.78, 5) is 0. The van der Waals surface area contributed by atoms with Crippen LogP contribution in [0.1, 0.15) is 70.7 Å². The molecule has 3 heteroatoms. The van der Waals surface area contributed by atoms with E-state index in [1.54, 1.807) is 0 Å². The molecule has 3 nitrogen and oxygen atoms in total. The van der Waals surface area contributed by atoms with Crippen molar-refractivity contribution in [2.75, 3.05) is 13.1 Å². The minimum Gasteiger partial charge on any atom is -0.316 e. The van der Waals surface area contributed by atoms with E-state index in [0.29, 0.717) is 5.41 Å². The van der Waals surface area contributed by atoms with Gasteiger partial charge in [-0.3, -0.25) is 4.68 Å². The van der Waals surface area contributed by atoms with Crippen LogP contribution < -0.4 is 5.32 Å². The monoisotopic (exact) mass is 291 g/mol. The molecule has 1 aliphatic carbocycles. The van der Waals surface area contributed by atoms with Gasteiger partial charge in [0.15, 0.2) is 0 Å². The number of hydrogen-bond acceptors (Lipinski definition) is 2. The van der Waals surface area contributed by atoms with Crippen LogP contribution in [0, 0.1) is 5.41 Å². The Balaban J connectivity index is 2.11. The SMILES string of the molecule is CCCNCC1(Cc2cc(CC)nn2CC)CCCCC1. The van der Waals surface area contributed by atoms with Crippen molar-refractivity contribution in [3.8, 4) is 0 Å². The van der Waals surface area contributed by atoms with Gasteiger partial charge in [-0.2, -0.15) is 5.10 Å². The zero-order valence-corrected chi connectivity index (χ0v) is 14.2. The molecule has 1 heterocycles. The highest BCUT2D eigenvalue weighted by atomic mass is 15.3. The van der Waals surface area contributed by atoms with Gasteiger partial charge in [0.2, 0.25) is 0 Å². The van der Waals surface area contributed by atoms with E-state index in [2.05, 4.69) is 36.8 Å². The van der Waals surface area contributed by atoms with Crippen LogP contribution >= 0.6 is 0 Å². The van der Waals surface area contributed by atoms with Crippen molar-refractivity contribution < 1.29 is 0 Å². The highest BCUT2D eigenvalue weighted by Gasteiger charge is 2.33. The van der Waals surface area contributed by atoms with Crippen molar-refractivity contribution in [1.29, 1.82) is 0 Å². The second-order valence-electron chi connectivity index (χ2n) is 6.71. The van der Waals surface area contributed by atoms with Gasteiger partial charge in [-0.15, -0.1) is 0 Å². The molecule has 1 aliphatic rings. The molecule has 0 aromatic carbocycles. The van der Waals surface area contributed by atoms with Gasteiger partial charge in [-0.25, -0.2) is 0 Å². The molecule has 0 aliphatic heterocycles. The lowest BCUT2D eigenvalue weighted by Crippen LogP contribution is -2.38. The van der Waals surface area contributed by atoms with Crippen LogP contribution in [0.3, 0.4) is 0 Å². The number of rotatable bonds is 8. The van der Waals surface area contributed by atoms with Crippen LogP contribution in [-0.2, 0) is 19.4 Å². The molecule has 0 radical (unpaired) electrons. The standard InChI is InChI=1S/C18H33N3/c1-4-12-19-15-18(10-8-7-9-11-18)14-17-13-16(5-2)20-21(17)6-3/h13,19H,4-12,14-15H2,1-3H3. The normalized spacial score (nSPS) is 18.0. The van der Waals surface area contributed by atoms with Crippen LogP contribution in [0.5, 0.6) is 0 Å². The minimum atomic E-state index is 0.464. The smallest absolute Gasteiger partial charge is 0.0624 e. The summed E-state index contributed by atoms with van der Waals surface area (Å²) in [5.41, 5.74) is 3.17. The summed E-state index contributed by atoms with van der Waals surface area (Å²) in [5, 5.41) is 8.43. The fourth-order valence-corrected chi connectivity index (χ4v) is 3.74. The van der Waals surface area contributed by atoms with Crippen molar-refractivity contribution in [2.24, 2.45) is 5.41 Å². The summed E-state index contributed by atoms with van der Waals surface area (Å²) in [6, 6.07) is 2.35. The molecule has 0 amide bonds. The summed E-state index contributed by atoms with van der Waals surface area (Å²) >= 11 is 0. The first-order valence-electron chi connectivity index (χ1n) is 8.99. The molecule has 21 heavy (non-hydrogen) atoms. The lowest BCUT2D eigenvalue weighted by atomic mass is 9.71. The first-order chi connectivity index (χ1) is 10.2. The van der Waals surface area contributed by atoms with E-state index in [1.807, 2.05) is 0 Å². The van der Waals surface area contributed by atoms with Crippen molar-refractivity contribution in [2.45, 2.75) is 78.7 Å². The van der Waals surface area contributed by atoms with E-state index in [-0.39, 0.29) is 0 Å². The molecular formula is C18H33N3. The molecule has 1 aromatic rings. The lowest BCUT2D eigenvalue weighted by Gasteiger charge is -2.38. The molecule has 1 N–H and O–H groups in total. The van der Waals surface area contributed by atoms with Crippen molar-refractivity contribution in [1.82, 2.24) is 15.1 Å². The molecule has 1 aromatic heterocycles. The zero-order valence-electron chi connectivity index (χ0n) is 14.2. The Hall–Kier alpha value is -0.830. The molecular weight excluding hydrogens is 258 g/mol. The van der Waals surface area contributed by atoms with Gasteiger partial charge in [-0.05, 0) is 57.1 Å². The fourth-order valence-electron chi connectivity index (χ4n) is 3.74. The Kier molecular flexibility index (Phi) is 6.28. The average molecular weight is 291 g/mol. The largest absolute Gasteiger partial charge is 0.316 e. The third-order valence-corrected chi connectivity index (χ3v) is 4.97. The van der Waals surface area contributed by atoms with Gasteiger partial charge in [0.1, 0.15) is 0 Å². The molecule has 0 bridgehead atoms. The van der Waals surface area contributed by atoms with E-state index in [9.17, 15) is 0 Å². The summed E-state index contributed by atoms with van der Waals surface area (Å²) in [6.45, 7) is 9.98. The molecule has 0 saturated heterocycles. The maximum Gasteiger partial charge on any atom is 0.0624 e. The van der Waals surface area contributed by atoms with Gasteiger partial charge in [0.25, 0.3) is 0 Å². The Morgan fingerprint density at radius 1 is 1.19 bits per heavy atom. The lowest BCUT2D eigenvalue weighted by molar-refractivity contribution is 0.177. The highest BCUT2D eigenvalue weighted by molar-refractivity contribution is 5.13. The predicted octanol–water partition coefficient (Wildman–Crippen LogP) is 3.96. The van der Waals surface area contributed by atoms with Crippen molar-refractivity contribution in [3.63, 3.8) is 0 Å². The maximum atomic E-state index is 4.74.